The lowest BCUT2D eigenvalue weighted by Gasteiger charge is -2.29. The fourth-order valence-electron chi connectivity index (χ4n) is 2.38. The van der Waals surface area contributed by atoms with Gasteiger partial charge in [-0.15, -0.1) is 0 Å². The Morgan fingerprint density at radius 1 is 1.24 bits per heavy atom. The summed E-state index contributed by atoms with van der Waals surface area (Å²) in [6.07, 6.45) is 4.90. The maximum atomic E-state index is 12.1. The maximum absolute atomic E-state index is 12.1. The standard InChI is InChI=1S/C14H18INO/c1-10-4-2-3-5-13(10)16-14(17)11-6-8-12(15)9-7-11/h6-10,13H,2-5H2,1H3,(H,16,17)/t10-,13-/m0/s1. The Hall–Kier alpha value is -0.580. The SMILES string of the molecule is C[C@H]1CCCC[C@@H]1NC(=O)c1ccc(I)cc1. The summed E-state index contributed by atoms with van der Waals surface area (Å²) in [6.45, 7) is 2.23. The van der Waals surface area contributed by atoms with Crippen LogP contribution in [0.25, 0.3) is 0 Å². The lowest BCUT2D eigenvalue weighted by atomic mass is 9.86. The second kappa shape index (κ2) is 5.85. The van der Waals surface area contributed by atoms with Crippen molar-refractivity contribution >= 4 is 28.5 Å². The third kappa shape index (κ3) is 3.44. The summed E-state index contributed by atoms with van der Waals surface area (Å²) in [4.78, 5) is 12.1. The molecule has 92 valence electrons. The summed E-state index contributed by atoms with van der Waals surface area (Å²) < 4.78 is 1.16. The van der Waals surface area contributed by atoms with Crippen molar-refractivity contribution in [1.82, 2.24) is 5.32 Å². The van der Waals surface area contributed by atoms with Crippen molar-refractivity contribution < 1.29 is 4.79 Å². The molecule has 1 aliphatic rings. The van der Waals surface area contributed by atoms with E-state index in [1.807, 2.05) is 24.3 Å². The first-order chi connectivity index (χ1) is 8.16. The molecular weight excluding hydrogens is 325 g/mol. The molecule has 0 bridgehead atoms. The number of rotatable bonds is 2. The molecule has 0 aromatic heterocycles. The molecule has 0 spiro atoms. The summed E-state index contributed by atoms with van der Waals surface area (Å²) in [5.74, 6) is 0.677. The van der Waals surface area contributed by atoms with Crippen LogP contribution in [-0.2, 0) is 0 Å². The van der Waals surface area contributed by atoms with Crippen molar-refractivity contribution in [3.8, 4) is 0 Å². The molecule has 3 heteroatoms. The number of halogens is 1. The minimum Gasteiger partial charge on any atom is -0.349 e. The molecule has 2 atom stereocenters. The minimum atomic E-state index is 0.0696. The second-order valence-electron chi connectivity index (χ2n) is 4.85. The van der Waals surface area contributed by atoms with Gasteiger partial charge in [0.25, 0.3) is 5.91 Å². The molecule has 0 heterocycles. The van der Waals surface area contributed by atoms with E-state index < -0.39 is 0 Å². The molecule has 17 heavy (non-hydrogen) atoms. The van der Waals surface area contributed by atoms with Gasteiger partial charge in [0.1, 0.15) is 0 Å². The normalized spacial score (nSPS) is 24.4. The van der Waals surface area contributed by atoms with Crippen molar-refractivity contribution in [1.29, 1.82) is 0 Å². The molecule has 2 nitrogen and oxygen atoms in total. The van der Waals surface area contributed by atoms with Crippen molar-refractivity contribution in [2.75, 3.05) is 0 Å². The van der Waals surface area contributed by atoms with E-state index in [0.717, 1.165) is 15.6 Å². The van der Waals surface area contributed by atoms with Gasteiger partial charge in [0.05, 0.1) is 0 Å². The number of carbonyl (C=O) groups excluding carboxylic acids is 1. The number of amides is 1. The first-order valence-corrected chi connectivity index (χ1v) is 7.31. The fraction of sp³-hybridized carbons (Fsp3) is 0.500. The highest BCUT2D eigenvalue weighted by Gasteiger charge is 2.22. The van der Waals surface area contributed by atoms with Gasteiger partial charge in [0.15, 0.2) is 0 Å². The molecular formula is C14H18INO. The van der Waals surface area contributed by atoms with Gasteiger partial charge in [-0.05, 0) is 65.6 Å². The van der Waals surface area contributed by atoms with Crippen molar-refractivity contribution in [2.45, 2.75) is 38.6 Å². The average Bonchev–Trinajstić information content (AvgIpc) is 2.33. The Morgan fingerprint density at radius 3 is 2.53 bits per heavy atom. The van der Waals surface area contributed by atoms with Crippen LogP contribution >= 0.6 is 22.6 Å². The first kappa shape index (κ1) is 12.9. The Morgan fingerprint density at radius 2 is 1.88 bits per heavy atom. The molecule has 0 aliphatic heterocycles. The molecule has 0 saturated heterocycles. The highest BCUT2D eigenvalue weighted by Crippen LogP contribution is 2.24. The summed E-state index contributed by atoms with van der Waals surface area (Å²) in [5.41, 5.74) is 0.767. The lowest BCUT2D eigenvalue weighted by molar-refractivity contribution is 0.0910. The van der Waals surface area contributed by atoms with Crippen LogP contribution in [0.3, 0.4) is 0 Å². The van der Waals surface area contributed by atoms with Crippen molar-refractivity contribution in [2.24, 2.45) is 5.92 Å². The highest BCUT2D eigenvalue weighted by atomic mass is 127. The maximum Gasteiger partial charge on any atom is 0.251 e. The molecule has 1 aliphatic carbocycles. The van der Waals surface area contributed by atoms with Gasteiger partial charge >= 0.3 is 0 Å². The van der Waals surface area contributed by atoms with Crippen LogP contribution < -0.4 is 5.32 Å². The molecule has 1 aromatic carbocycles. The zero-order valence-corrected chi connectivity index (χ0v) is 12.2. The predicted octanol–water partition coefficient (Wildman–Crippen LogP) is 3.60. The van der Waals surface area contributed by atoms with E-state index in [1.54, 1.807) is 0 Å². The van der Waals surface area contributed by atoms with Crippen LogP contribution in [0.2, 0.25) is 0 Å². The van der Waals surface area contributed by atoms with E-state index in [1.165, 1.54) is 19.3 Å². The summed E-state index contributed by atoms with van der Waals surface area (Å²) in [6, 6.07) is 8.09. The number of benzene rings is 1. The molecule has 1 aromatic rings. The molecule has 0 unspecified atom stereocenters. The van der Waals surface area contributed by atoms with Crippen LogP contribution in [0.1, 0.15) is 43.0 Å². The predicted molar refractivity (Wildman–Crippen MR) is 78.0 cm³/mol. The number of carbonyl (C=O) groups is 1. The first-order valence-electron chi connectivity index (χ1n) is 6.23. The molecule has 1 fully saturated rings. The molecule has 1 saturated carbocycles. The topological polar surface area (TPSA) is 29.1 Å². The summed E-state index contributed by atoms with van der Waals surface area (Å²) in [7, 11) is 0. The van der Waals surface area contributed by atoms with Crippen molar-refractivity contribution in [3.63, 3.8) is 0 Å². The van der Waals surface area contributed by atoms with Crippen LogP contribution in [0.15, 0.2) is 24.3 Å². The van der Waals surface area contributed by atoms with E-state index in [4.69, 9.17) is 0 Å². The number of nitrogens with one attached hydrogen (secondary N) is 1. The lowest BCUT2D eigenvalue weighted by Crippen LogP contribution is -2.41. The summed E-state index contributed by atoms with van der Waals surface area (Å²) in [5, 5.41) is 3.16. The smallest absolute Gasteiger partial charge is 0.251 e. The minimum absolute atomic E-state index is 0.0696. The zero-order valence-electron chi connectivity index (χ0n) is 10.1. The largest absolute Gasteiger partial charge is 0.349 e. The molecule has 1 amide bonds. The third-order valence-electron chi connectivity index (χ3n) is 3.53. The van der Waals surface area contributed by atoms with E-state index in [-0.39, 0.29) is 5.91 Å². The van der Waals surface area contributed by atoms with E-state index >= 15 is 0 Å². The van der Waals surface area contributed by atoms with Crippen LogP contribution in [0, 0.1) is 9.49 Å². The van der Waals surface area contributed by atoms with E-state index in [0.29, 0.717) is 12.0 Å². The third-order valence-corrected chi connectivity index (χ3v) is 4.25. The monoisotopic (exact) mass is 343 g/mol. The number of hydrogen-bond acceptors (Lipinski definition) is 1. The Labute approximate surface area is 116 Å². The van der Waals surface area contributed by atoms with Crippen LogP contribution in [0.5, 0.6) is 0 Å². The van der Waals surface area contributed by atoms with Gasteiger partial charge in [0, 0.05) is 15.2 Å². The van der Waals surface area contributed by atoms with Gasteiger partial charge in [-0.2, -0.15) is 0 Å². The quantitative estimate of drug-likeness (QED) is 0.817. The Bertz CT molecular complexity index is 388. The molecule has 1 N–H and O–H groups in total. The Balaban J connectivity index is 1.98. The molecule has 0 radical (unpaired) electrons. The van der Waals surface area contributed by atoms with Gasteiger partial charge < -0.3 is 5.32 Å². The van der Waals surface area contributed by atoms with Gasteiger partial charge in [-0.3, -0.25) is 4.79 Å². The highest BCUT2D eigenvalue weighted by molar-refractivity contribution is 14.1. The van der Waals surface area contributed by atoms with Gasteiger partial charge in [-0.1, -0.05) is 19.8 Å². The zero-order chi connectivity index (χ0) is 12.3. The molecule has 2 rings (SSSR count). The van der Waals surface area contributed by atoms with E-state index in [9.17, 15) is 4.79 Å². The second-order valence-corrected chi connectivity index (χ2v) is 6.09. The van der Waals surface area contributed by atoms with Crippen molar-refractivity contribution in [3.05, 3.63) is 33.4 Å². The van der Waals surface area contributed by atoms with Crippen LogP contribution in [0.4, 0.5) is 0 Å². The van der Waals surface area contributed by atoms with Gasteiger partial charge in [-0.25, -0.2) is 0 Å². The number of hydrogen-bond donors (Lipinski definition) is 1. The van der Waals surface area contributed by atoms with Gasteiger partial charge in [0.2, 0.25) is 0 Å². The van der Waals surface area contributed by atoms with E-state index in [2.05, 4.69) is 34.8 Å². The average molecular weight is 343 g/mol. The summed E-state index contributed by atoms with van der Waals surface area (Å²) >= 11 is 2.25. The van der Waals surface area contributed by atoms with Crippen LogP contribution in [-0.4, -0.2) is 11.9 Å². The fourth-order valence-corrected chi connectivity index (χ4v) is 2.74. The Kier molecular flexibility index (Phi) is 4.42.